The van der Waals surface area contributed by atoms with Crippen LogP contribution in [0.5, 0.6) is 11.5 Å². The highest BCUT2D eigenvalue weighted by Gasteiger charge is 2.24. The SMILES string of the molecule is COc1cc(Cc2nc3c(nc(C)n3C(CCCc3ccccc3)C(C)O)c(=O)[nH]2)ccc1OC(F)F. The van der Waals surface area contributed by atoms with Crippen LogP contribution in [0.25, 0.3) is 11.2 Å². The summed E-state index contributed by atoms with van der Waals surface area (Å²) in [4.78, 5) is 24.8. The number of hydrogen-bond acceptors (Lipinski definition) is 6. The van der Waals surface area contributed by atoms with E-state index in [0.717, 1.165) is 12.8 Å². The minimum atomic E-state index is -2.97. The molecule has 8 nitrogen and oxygen atoms in total. The second-order valence-electron chi connectivity index (χ2n) is 8.94. The van der Waals surface area contributed by atoms with E-state index in [4.69, 9.17) is 4.74 Å². The van der Waals surface area contributed by atoms with Crippen LogP contribution in [0.4, 0.5) is 8.78 Å². The van der Waals surface area contributed by atoms with Gasteiger partial charge >= 0.3 is 6.61 Å². The number of H-pyrrole nitrogens is 1. The number of methoxy groups -OCH3 is 1. The van der Waals surface area contributed by atoms with Gasteiger partial charge in [0, 0.05) is 6.42 Å². The average molecular weight is 513 g/mol. The summed E-state index contributed by atoms with van der Waals surface area (Å²) in [6.07, 6.45) is 1.89. The lowest BCUT2D eigenvalue weighted by Crippen LogP contribution is -2.24. The number of ether oxygens (including phenoxy) is 2. The van der Waals surface area contributed by atoms with Crippen molar-refractivity contribution in [1.29, 1.82) is 0 Å². The van der Waals surface area contributed by atoms with Gasteiger partial charge in [-0.15, -0.1) is 0 Å². The molecule has 0 fully saturated rings. The molecule has 0 saturated carbocycles. The van der Waals surface area contributed by atoms with Crippen LogP contribution in [0, 0.1) is 6.92 Å². The van der Waals surface area contributed by atoms with E-state index in [0.29, 0.717) is 29.3 Å². The van der Waals surface area contributed by atoms with Crippen molar-refractivity contribution in [2.75, 3.05) is 7.11 Å². The van der Waals surface area contributed by atoms with Gasteiger partial charge < -0.3 is 24.1 Å². The molecule has 2 aromatic carbocycles. The molecule has 0 saturated heterocycles. The minimum Gasteiger partial charge on any atom is -0.493 e. The smallest absolute Gasteiger partial charge is 0.387 e. The van der Waals surface area contributed by atoms with Gasteiger partial charge in [0.25, 0.3) is 5.56 Å². The Labute approximate surface area is 212 Å². The maximum absolute atomic E-state index is 12.9. The number of rotatable bonds is 11. The lowest BCUT2D eigenvalue weighted by atomic mass is 10.0. The monoisotopic (exact) mass is 512 g/mol. The molecule has 0 aliphatic carbocycles. The zero-order valence-corrected chi connectivity index (χ0v) is 20.9. The van der Waals surface area contributed by atoms with E-state index < -0.39 is 12.7 Å². The van der Waals surface area contributed by atoms with Crippen LogP contribution in [-0.4, -0.2) is 44.5 Å². The molecular formula is C27H30F2N4O4. The van der Waals surface area contributed by atoms with E-state index in [9.17, 15) is 18.7 Å². The molecule has 10 heteroatoms. The van der Waals surface area contributed by atoms with E-state index >= 15 is 0 Å². The maximum atomic E-state index is 12.9. The highest BCUT2D eigenvalue weighted by atomic mass is 19.3. The molecule has 4 rings (SSSR count). The van der Waals surface area contributed by atoms with Crippen molar-refractivity contribution in [3.8, 4) is 11.5 Å². The first-order chi connectivity index (χ1) is 17.8. The molecule has 2 aromatic heterocycles. The molecule has 37 heavy (non-hydrogen) atoms. The van der Waals surface area contributed by atoms with Crippen LogP contribution in [0.1, 0.15) is 48.6 Å². The fraction of sp³-hybridized carbons (Fsp3) is 0.370. The molecule has 0 radical (unpaired) electrons. The van der Waals surface area contributed by atoms with Gasteiger partial charge in [0.05, 0.1) is 19.3 Å². The third-order valence-electron chi connectivity index (χ3n) is 6.29. The van der Waals surface area contributed by atoms with Gasteiger partial charge in [-0.3, -0.25) is 4.79 Å². The van der Waals surface area contributed by atoms with Gasteiger partial charge in [-0.1, -0.05) is 36.4 Å². The Morgan fingerprint density at radius 2 is 1.84 bits per heavy atom. The van der Waals surface area contributed by atoms with Crippen molar-refractivity contribution < 1.29 is 23.4 Å². The van der Waals surface area contributed by atoms with Gasteiger partial charge in [0.15, 0.2) is 22.7 Å². The van der Waals surface area contributed by atoms with Gasteiger partial charge in [0.2, 0.25) is 0 Å². The molecule has 2 unspecified atom stereocenters. The Kier molecular flexibility index (Phi) is 8.17. The van der Waals surface area contributed by atoms with E-state index in [1.54, 1.807) is 26.0 Å². The van der Waals surface area contributed by atoms with E-state index in [1.807, 2.05) is 22.8 Å². The van der Waals surface area contributed by atoms with Crippen LogP contribution < -0.4 is 15.0 Å². The van der Waals surface area contributed by atoms with E-state index in [1.165, 1.54) is 18.7 Å². The van der Waals surface area contributed by atoms with Crippen LogP contribution in [0.2, 0.25) is 0 Å². The quantitative estimate of drug-likeness (QED) is 0.305. The average Bonchev–Trinajstić information content (AvgIpc) is 3.19. The van der Waals surface area contributed by atoms with Gasteiger partial charge in [-0.05, 0) is 56.4 Å². The molecule has 196 valence electrons. The zero-order valence-electron chi connectivity index (χ0n) is 20.9. The van der Waals surface area contributed by atoms with Crippen LogP contribution in [0.3, 0.4) is 0 Å². The molecule has 2 atom stereocenters. The zero-order chi connectivity index (χ0) is 26.5. The number of aromatic amines is 1. The molecule has 0 amide bonds. The van der Waals surface area contributed by atoms with Gasteiger partial charge in [-0.2, -0.15) is 8.78 Å². The number of nitrogens with zero attached hydrogens (tertiary/aromatic N) is 3. The Morgan fingerprint density at radius 3 is 2.51 bits per heavy atom. The molecule has 0 aliphatic heterocycles. The minimum absolute atomic E-state index is 0.0814. The number of aryl methyl sites for hydroxylation is 2. The number of aromatic nitrogens is 4. The van der Waals surface area contributed by atoms with Crippen molar-refractivity contribution in [1.82, 2.24) is 19.5 Å². The number of aliphatic hydroxyl groups excluding tert-OH is 1. The number of benzene rings is 2. The van der Waals surface area contributed by atoms with Crippen LogP contribution in [-0.2, 0) is 12.8 Å². The largest absolute Gasteiger partial charge is 0.493 e. The predicted molar refractivity (Wildman–Crippen MR) is 135 cm³/mol. The molecule has 2 N–H and O–H groups in total. The molecule has 0 bridgehead atoms. The lowest BCUT2D eigenvalue weighted by Gasteiger charge is -2.23. The summed E-state index contributed by atoms with van der Waals surface area (Å²) in [6.45, 7) is 0.542. The fourth-order valence-corrected chi connectivity index (χ4v) is 4.57. The second kappa shape index (κ2) is 11.5. The van der Waals surface area contributed by atoms with Gasteiger partial charge in [-0.25, -0.2) is 9.97 Å². The van der Waals surface area contributed by atoms with Crippen LogP contribution in [0.15, 0.2) is 53.3 Å². The summed E-state index contributed by atoms with van der Waals surface area (Å²) in [6, 6.07) is 14.4. The Hall–Kier alpha value is -3.79. The van der Waals surface area contributed by atoms with Crippen molar-refractivity contribution in [3.63, 3.8) is 0 Å². The molecule has 2 heterocycles. The lowest BCUT2D eigenvalue weighted by molar-refractivity contribution is -0.0512. The Balaban J connectivity index is 1.63. The van der Waals surface area contributed by atoms with E-state index in [2.05, 4.69) is 31.8 Å². The summed E-state index contributed by atoms with van der Waals surface area (Å²) < 4.78 is 36.8. The normalized spacial score (nSPS) is 13.2. The Bertz CT molecular complexity index is 1400. The highest BCUT2D eigenvalue weighted by Crippen LogP contribution is 2.30. The van der Waals surface area contributed by atoms with Crippen molar-refractivity contribution in [2.24, 2.45) is 0 Å². The number of imidazole rings is 1. The number of fused-ring (bicyclic) bond motifs is 1. The molecular weight excluding hydrogens is 482 g/mol. The summed E-state index contributed by atoms with van der Waals surface area (Å²) in [5.74, 6) is 1.03. The van der Waals surface area contributed by atoms with Crippen molar-refractivity contribution >= 4 is 11.2 Å². The first kappa shape index (κ1) is 26.3. The molecule has 0 aliphatic rings. The first-order valence-corrected chi connectivity index (χ1v) is 12.1. The highest BCUT2D eigenvalue weighted by molar-refractivity contribution is 5.70. The van der Waals surface area contributed by atoms with Gasteiger partial charge in [0.1, 0.15) is 11.6 Å². The summed E-state index contributed by atoms with van der Waals surface area (Å²) in [5.41, 5.74) is 2.11. The van der Waals surface area contributed by atoms with Crippen molar-refractivity contribution in [2.45, 2.75) is 58.3 Å². The summed E-state index contributed by atoms with van der Waals surface area (Å²) in [7, 11) is 1.36. The van der Waals surface area contributed by atoms with Crippen LogP contribution >= 0.6 is 0 Å². The first-order valence-electron chi connectivity index (χ1n) is 12.1. The van der Waals surface area contributed by atoms with Crippen molar-refractivity contribution in [3.05, 3.63) is 81.7 Å². The standard InChI is InChI=1S/C27H30F2N4O4/c1-16(34)20(11-7-10-18-8-5-4-6-9-18)33-17(2)30-24-25(33)31-23(32-26(24)35)15-19-12-13-21(37-27(28)29)22(14-19)36-3/h4-6,8-9,12-14,16,20,27,34H,7,10-11,15H2,1-3H3,(H,31,32,35). The Morgan fingerprint density at radius 1 is 1.08 bits per heavy atom. The summed E-state index contributed by atoms with van der Waals surface area (Å²) in [5, 5.41) is 10.6. The number of halogens is 2. The number of nitrogens with one attached hydrogen (secondary N) is 1. The fourth-order valence-electron chi connectivity index (χ4n) is 4.57. The topological polar surface area (TPSA) is 102 Å². The second-order valence-corrected chi connectivity index (χ2v) is 8.94. The molecule has 0 spiro atoms. The number of alkyl halides is 2. The third kappa shape index (κ3) is 6.14. The maximum Gasteiger partial charge on any atom is 0.387 e. The third-order valence-corrected chi connectivity index (χ3v) is 6.29. The van der Waals surface area contributed by atoms with E-state index in [-0.39, 0.29) is 35.0 Å². The number of aliphatic hydroxyl groups is 1. The predicted octanol–water partition coefficient (Wildman–Crippen LogP) is 4.57. The summed E-state index contributed by atoms with van der Waals surface area (Å²) >= 11 is 0. The number of hydrogen-bond donors (Lipinski definition) is 2. The molecule has 4 aromatic rings.